The maximum absolute atomic E-state index is 10.5. The van der Waals surface area contributed by atoms with Gasteiger partial charge in [0.1, 0.15) is 0 Å². The number of carboxylic acid groups (broad SMARTS) is 1. The van der Waals surface area contributed by atoms with Crippen molar-refractivity contribution in [2.75, 3.05) is 19.6 Å². The predicted octanol–water partition coefficient (Wildman–Crippen LogP) is 1.64. The lowest BCUT2D eigenvalue weighted by Crippen LogP contribution is -2.29. The van der Waals surface area contributed by atoms with Gasteiger partial charge < -0.3 is 5.11 Å². The molecule has 1 aromatic carbocycles. The number of carbonyl (C=O) groups is 1. The van der Waals surface area contributed by atoms with Gasteiger partial charge in [-0.2, -0.15) is 0 Å². The summed E-state index contributed by atoms with van der Waals surface area (Å²) in [6.45, 7) is 1.80. The van der Waals surface area contributed by atoms with E-state index in [1.165, 1.54) is 5.56 Å². The van der Waals surface area contributed by atoms with Crippen molar-refractivity contribution in [1.29, 1.82) is 0 Å². The second-order valence-corrected chi connectivity index (χ2v) is 3.86. The largest absolute Gasteiger partial charge is 0.481 e. The van der Waals surface area contributed by atoms with Crippen molar-refractivity contribution >= 4 is 5.97 Å². The van der Waals surface area contributed by atoms with Gasteiger partial charge in [0.15, 0.2) is 0 Å². The Morgan fingerprint density at radius 1 is 1.29 bits per heavy atom. The third-order valence-electron chi connectivity index (χ3n) is 2.52. The molecule has 3 nitrogen and oxygen atoms in total. The molecule has 0 saturated carbocycles. The van der Waals surface area contributed by atoms with Crippen LogP contribution in [0.15, 0.2) is 30.3 Å². The van der Waals surface area contributed by atoms with E-state index in [2.05, 4.69) is 18.1 Å². The van der Waals surface area contributed by atoms with Gasteiger partial charge in [-0.1, -0.05) is 36.3 Å². The highest BCUT2D eigenvalue weighted by atomic mass is 16.4. The number of benzene rings is 1. The van der Waals surface area contributed by atoms with Crippen LogP contribution in [-0.4, -0.2) is 35.6 Å². The Balaban J connectivity index is 2.39. The summed E-state index contributed by atoms with van der Waals surface area (Å²) < 4.78 is 0. The molecule has 0 spiro atoms. The van der Waals surface area contributed by atoms with Crippen LogP contribution >= 0.6 is 0 Å². The van der Waals surface area contributed by atoms with E-state index < -0.39 is 5.97 Å². The van der Waals surface area contributed by atoms with Crippen molar-refractivity contribution in [3.63, 3.8) is 0 Å². The van der Waals surface area contributed by atoms with Crippen LogP contribution in [0.4, 0.5) is 0 Å². The van der Waals surface area contributed by atoms with Crippen LogP contribution in [0.5, 0.6) is 0 Å². The van der Waals surface area contributed by atoms with Crippen LogP contribution < -0.4 is 0 Å². The van der Waals surface area contributed by atoms with Crippen LogP contribution in [0, 0.1) is 12.3 Å². The smallest absolute Gasteiger partial charge is 0.304 e. The molecule has 0 aliphatic heterocycles. The van der Waals surface area contributed by atoms with Crippen LogP contribution in [0.3, 0.4) is 0 Å². The normalized spacial score (nSPS) is 10.1. The first-order valence-corrected chi connectivity index (χ1v) is 5.64. The van der Waals surface area contributed by atoms with Crippen LogP contribution in [0.25, 0.3) is 0 Å². The fourth-order valence-electron chi connectivity index (χ4n) is 1.58. The van der Waals surface area contributed by atoms with Crippen molar-refractivity contribution in [3.05, 3.63) is 35.9 Å². The van der Waals surface area contributed by atoms with E-state index in [0.29, 0.717) is 13.1 Å². The number of hydrogen-bond donors (Lipinski definition) is 1. The Labute approximate surface area is 102 Å². The number of terminal acetylenes is 1. The van der Waals surface area contributed by atoms with E-state index in [9.17, 15) is 4.79 Å². The Hall–Kier alpha value is -1.79. The van der Waals surface area contributed by atoms with Gasteiger partial charge in [0.25, 0.3) is 0 Å². The highest BCUT2D eigenvalue weighted by Gasteiger charge is 2.06. The maximum atomic E-state index is 10.5. The van der Waals surface area contributed by atoms with Crippen molar-refractivity contribution in [2.45, 2.75) is 12.8 Å². The first kappa shape index (κ1) is 13.3. The summed E-state index contributed by atoms with van der Waals surface area (Å²) in [6.07, 6.45) is 6.29. The summed E-state index contributed by atoms with van der Waals surface area (Å²) in [6, 6.07) is 10.1. The molecule has 17 heavy (non-hydrogen) atoms. The number of nitrogens with zero attached hydrogens (tertiary/aromatic N) is 1. The van der Waals surface area contributed by atoms with Crippen molar-refractivity contribution in [2.24, 2.45) is 0 Å². The summed E-state index contributed by atoms with van der Waals surface area (Å²) in [4.78, 5) is 12.5. The molecule has 1 N–H and O–H groups in total. The van der Waals surface area contributed by atoms with Gasteiger partial charge in [0.05, 0.1) is 13.0 Å². The van der Waals surface area contributed by atoms with Gasteiger partial charge in [-0.25, -0.2) is 0 Å². The zero-order valence-corrected chi connectivity index (χ0v) is 9.80. The molecule has 0 unspecified atom stereocenters. The summed E-state index contributed by atoms with van der Waals surface area (Å²) in [5.41, 5.74) is 1.24. The molecule has 0 fully saturated rings. The van der Waals surface area contributed by atoms with Gasteiger partial charge in [0, 0.05) is 13.1 Å². The summed E-state index contributed by atoms with van der Waals surface area (Å²) >= 11 is 0. The van der Waals surface area contributed by atoms with E-state index in [4.69, 9.17) is 11.5 Å². The minimum Gasteiger partial charge on any atom is -0.481 e. The number of aliphatic carboxylic acids is 1. The van der Waals surface area contributed by atoms with Crippen LogP contribution in [0.1, 0.15) is 12.0 Å². The zero-order chi connectivity index (χ0) is 12.5. The van der Waals surface area contributed by atoms with E-state index in [0.717, 1.165) is 13.0 Å². The number of rotatable bonds is 7. The average molecular weight is 231 g/mol. The fraction of sp³-hybridized carbons (Fsp3) is 0.357. The molecule has 0 radical (unpaired) electrons. The molecule has 0 heterocycles. The predicted molar refractivity (Wildman–Crippen MR) is 67.7 cm³/mol. The topological polar surface area (TPSA) is 40.5 Å². The van der Waals surface area contributed by atoms with Crippen LogP contribution in [0.2, 0.25) is 0 Å². The summed E-state index contributed by atoms with van der Waals surface area (Å²) in [5, 5.41) is 8.64. The SMILES string of the molecule is C#CCN(CCC(=O)O)CCc1ccccc1. The molecule has 0 aliphatic carbocycles. The molecular formula is C14H17NO2. The second-order valence-electron chi connectivity index (χ2n) is 3.86. The molecule has 0 saturated heterocycles. The van der Waals surface area contributed by atoms with Crippen molar-refractivity contribution in [3.8, 4) is 12.3 Å². The molecule has 0 atom stereocenters. The van der Waals surface area contributed by atoms with Gasteiger partial charge in [-0.05, 0) is 12.0 Å². The highest BCUT2D eigenvalue weighted by Crippen LogP contribution is 2.02. The third kappa shape index (κ3) is 5.74. The highest BCUT2D eigenvalue weighted by molar-refractivity contribution is 5.66. The first-order valence-electron chi connectivity index (χ1n) is 5.64. The average Bonchev–Trinajstić information content (AvgIpc) is 2.34. The van der Waals surface area contributed by atoms with E-state index >= 15 is 0 Å². The number of hydrogen-bond acceptors (Lipinski definition) is 2. The Morgan fingerprint density at radius 2 is 2.00 bits per heavy atom. The van der Waals surface area contributed by atoms with Gasteiger partial charge in [0.2, 0.25) is 0 Å². The zero-order valence-electron chi connectivity index (χ0n) is 9.80. The van der Waals surface area contributed by atoms with Crippen molar-refractivity contribution in [1.82, 2.24) is 4.90 Å². The molecule has 90 valence electrons. The van der Waals surface area contributed by atoms with E-state index in [1.807, 2.05) is 23.1 Å². The Bertz CT molecular complexity index is 381. The molecule has 0 bridgehead atoms. The Kier molecular flexibility index (Phi) is 5.84. The first-order chi connectivity index (χ1) is 8.22. The summed E-state index contributed by atoms with van der Waals surface area (Å²) in [7, 11) is 0. The molecular weight excluding hydrogens is 214 g/mol. The second kappa shape index (κ2) is 7.48. The van der Waals surface area contributed by atoms with Crippen molar-refractivity contribution < 1.29 is 9.90 Å². The Morgan fingerprint density at radius 3 is 2.59 bits per heavy atom. The molecule has 1 aromatic rings. The molecule has 0 aromatic heterocycles. The molecule has 0 amide bonds. The lowest BCUT2D eigenvalue weighted by Gasteiger charge is -2.18. The van der Waals surface area contributed by atoms with Gasteiger partial charge in [-0.15, -0.1) is 6.42 Å². The standard InChI is InChI=1S/C14H17NO2/c1-2-10-15(12-9-14(16)17)11-8-13-6-4-3-5-7-13/h1,3-7H,8-12H2,(H,16,17). The molecule has 1 rings (SSSR count). The minimum atomic E-state index is -0.785. The quantitative estimate of drug-likeness (QED) is 0.725. The minimum absolute atomic E-state index is 0.135. The lowest BCUT2D eigenvalue weighted by molar-refractivity contribution is -0.137. The number of carboxylic acids is 1. The van der Waals surface area contributed by atoms with Crippen LogP contribution in [-0.2, 0) is 11.2 Å². The fourth-order valence-corrected chi connectivity index (χ4v) is 1.58. The van der Waals surface area contributed by atoms with E-state index in [-0.39, 0.29) is 6.42 Å². The van der Waals surface area contributed by atoms with Gasteiger partial charge >= 0.3 is 5.97 Å². The molecule has 0 aliphatic rings. The molecule has 3 heteroatoms. The monoisotopic (exact) mass is 231 g/mol. The maximum Gasteiger partial charge on any atom is 0.304 e. The summed E-state index contributed by atoms with van der Waals surface area (Å²) in [5.74, 6) is 1.78. The lowest BCUT2D eigenvalue weighted by atomic mass is 10.1. The third-order valence-corrected chi connectivity index (χ3v) is 2.52. The van der Waals surface area contributed by atoms with Gasteiger partial charge in [-0.3, -0.25) is 9.69 Å². The van der Waals surface area contributed by atoms with E-state index in [1.54, 1.807) is 0 Å².